The number of aliphatic carboxylic acids is 1. The zero-order valence-corrected chi connectivity index (χ0v) is 19.3. The van der Waals surface area contributed by atoms with Crippen molar-refractivity contribution < 1.29 is 19.8 Å². The number of halogens is 1. The number of pyridine rings is 1. The van der Waals surface area contributed by atoms with E-state index in [2.05, 4.69) is 21.2 Å². The predicted molar refractivity (Wildman–Crippen MR) is 130 cm³/mol. The summed E-state index contributed by atoms with van der Waals surface area (Å²) < 4.78 is 0.782. The van der Waals surface area contributed by atoms with Crippen LogP contribution >= 0.6 is 15.9 Å². The number of carbonyl (C=O) groups is 2. The third-order valence-electron chi connectivity index (χ3n) is 5.57. The summed E-state index contributed by atoms with van der Waals surface area (Å²) in [4.78, 5) is 30.1. The van der Waals surface area contributed by atoms with E-state index < -0.39 is 24.0 Å². The van der Waals surface area contributed by atoms with Crippen molar-refractivity contribution in [3.8, 4) is 11.3 Å². The van der Waals surface area contributed by atoms with E-state index in [1.54, 1.807) is 24.3 Å². The van der Waals surface area contributed by atoms with Gasteiger partial charge in [0.1, 0.15) is 0 Å². The fourth-order valence-electron chi connectivity index (χ4n) is 3.81. The van der Waals surface area contributed by atoms with Crippen LogP contribution < -0.4 is 5.32 Å². The topological polar surface area (TPSA) is 99.5 Å². The molecule has 0 aliphatic rings. The fourth-order valence-corrected chi connectivity index (χ4v) is 4.17. The molecule has 0 aliphatic carbocycles. The van der Waals surface area contributed by atoms with Gasteiger partial charge in [0.25, 0.3) is 5.91 Å². The number of hydrogen-bond donors (Lipinski definition) is 3. The molecule has 4 aromatic rings. The summed E-state index contributed by atoms with van der Waals surface area (Å²) in [6, 6.07) is 23.0. The van der Waals surface area contributed by atoms with E-state index in [-0.39, 0.29) is 5.56 Å². The van der Waals surface area contributed by atoms with Crippen LogP contribution in [0.2, 0.25) is 0 Å². The van der Waals surface area contributed by atoms with Gasteiger partial charge in [-0.1, -0.05) is 76.6 Å². The van der Waals surface area contributed by atoms with Crippen LogP contribution in [0.3, 0.4) is 0 Å². The number of fused-ring (bicyclic) bond motifs is 1. The molecule has 0 bridgehead atoms. The molecule has 1 heterocycles. The number of benzene rings is 3. The van der Waals surface area contributed by atoms with Gasteiger partial charge in [-0.15, -0.1) is 0 Å². The van der Waals surface area contributed by atoms with Crippen LogP contribution in [0, 0.1) is 6.92 Å². The van der Waals surface area contributed by atoms with Crippen LogP contribution in [0.4, 0.5) is 0 Å². The van der Waals surface area contributed by atoms with Gasteiger partial charge in [-0.25, -0.2) is 9.78 Å². The average Bonchev–Trinajstić information content (AvgIpc) is 2.83. The standard InChI is InChI=1S/C26H21BrN2O4/c1-16-22(24(30)28-15-26(33,25(31)32)18-10-6-3-7-11-18)20-14-19(27)12-13-21(20)29-23(16)17-8-4-2-5-9-17/h2-14,33H,15H2,1H3,(H,28,30)(H,31,32)/t26-/m1/s1. The maximum atomic E-state index is 13.4. The van der Waals surface area contributed by atoms with Gasteiger partial charge in [-0.2, -0.15) is 0 Å². The van der Waals surface area contributed by atoms with Gasteiger partial charge >= 0.3 is 5.97 Å². The Morgan fingerprint density at radius 2 is 1.64 bits per heavy atom. The van der Waals surface area contributed by atoms with Crippen molar-refractivity contribution in [2.45, 2.75) is 12.5 Å². The van der Waals surface area contributed by atoms with Crippen molar-refractivity contribution in [3.05, 3.63) is 100 Å². The lowest BCUT2D eigenvalue weighted by molar-refractivity contribution is -0.159. The lowest BCUT2D eigenvalue weighted by Gasteiger charge is -2.25. The quantitative estimate of drug-likeness (QED) is 0.354. The fraction of sp³-hybridized carbons (Fsp3) is 0.115. The molecule has 1 amide bonds. The Morgan fingerprint density at radius 1 is 1.00 bits per heavy atom. The van der Waals surface area contributed by atoms with Gasteiger partial charge in [0.05, 0.1) is 23.3 Å². The number of carboxylic acids is 1. The van der Waals surface area contributed by atoms with Crippen LogP contribution in [-0.2, 0) is 10.4 Å². The molecule has 33 heavy (non-hydrogen) atoms. The molecule has 1 atom stereocenters. The molecule has 6 nitrogen and oxygen atoms in total. The van der Waals surface area contributed by atoms with Crippen LogP contribution in [0.5, 0.6) is 0 Å². The van der Waals surface area contributed by atoms with E-state index in [0.717, 1.165) is 10.0 Å². The zero-order valence-electron chi connectivity index (χ0n) is 17.7. The maximum Gasteiger partial charge on any atom is 0.342 e. The molecule has 4 rings (SSSR count). The molecule has 3 aromatic carbocycles. The molecule has 1 aromatic heterocycles. The lowest BCUT2D eigenvalue weighted by atomic mass is 9.93. The van der Waals surface area contributed by atoms with Crippen LogP contribution in [0.1, 0.15) is 21.5 Å². The van der Waals surface area contributed by atoms with Crippen molar-refractivity contribution in [1.82, 2.24) is 10.3 Å². The smallest absolute Gasteiger partial charge is 0.342 e. The summed E-state index contributed by atoms with van der Waals surface area (Å²) >= 11 is 3.45. The van der Waals surface area contributed by atoms with Crippen LogP contribution in [-0.4, -0.2) is 33.6 Å². The lowest BCUT2D eigenvalue weighted by Crippen LogP contribution is -2.46. The van der Waals surface area contributed by atoms with Gasteiger partial charge in [-0.05, 0) is 36.2 Å². The summed E-state index contributed by atoms with van der Waals surface area (Å²) in [5.74, 6) is -1.94. The number of nitrogens with one attached hydrogen (secondary N) is 1. The molecule has 0 saturated heterocycles. The van der Waals surface area contributed by atoms with E-state index in [9.17, 15) is 19.8 Å². The SMILES string of the molecule is Cc1c(-c2ccccc2)nc2ccc(Br)cc2c1C(=O)NC[C@](O)(C(=O)O)c1ccccc1. The molecule has 0 fully saturated rings. The minimum atomic E-state index is -2.27. The second-order valence-electron chi connectivity index (χ2n) is 7.70. The first-order valence-electron chi connectivity index (χ1n) is 10.3. The highest BCUT2D eigenvalue weighted by Crippen LogP contribution is 2.31. The Kier molecular flexibility index (Phi) is 6.26. The Labute approximate surface area is 199 Å². The summed E-state index contributed by atoms with van der Waals surface area (Å²) in [6.07, 6.45) is 0. The number of amides is 1. The minimum absolute atomic E-state index is 0.182. The van der Waals surface area contributed by atoms with Gasteiger partial charge in [0.2, 0.25) is 5.60 Å². The Morgan fingerprint density at radius 3 is 2.27 bits per heavy atom. The third-order valence-corrected chi connectivity index (χ3v) is 6.07. The Hall–Kier alpha value is -3.55. The van der Waals surface area contributed by atoms with E-state index in [1.807, 2.05) is 49.4 Å². The number of hydrogen-bond acceptors (Lipinski definition) is 4. The van der Waals surface area contributed by atoms with Crippen molar-refractivity contribution in [2.75, 3.05) is 6.54 Å². The van der Waals surface area contributed by atoms with Crippen molar-refractivity contribution in [2.24, 2.45) is 0 Å². The monoisotopic (exact) mass is 504 g/mol. The number of aromatic nitrogens is 1. The van der Waals surface area contributed by atoms with Gasteiger partial charge < -0.3 is 15.5 Å². The predicted octanol–water partition coefficient (Wildman–Crippen LogP) is 4.67. The molecule has 0 spiro atoms. The number of nitrogens with zero attached hydrogens (tertiary/aromatic N) is 1. The molecule has 7 heteroatoms. The van der Waals surface area contributed by atoms with Crippen molar-refractivity contribution >= 4 is 38.7 Å². The molecular formula is C26H21BrN2O4. The Bertz CT molecular complexity index is 1340. The summed E-state index contributed by atoms with van der Waals surface area (Å²) in [7, 11) is 0. The minimum Gasteiger partial charge on any atom is -0.479 e. The first-order valence-corrected chi connectivity index (χ1v) is 11.1. The number of carboxylic acid groups (broad SMARTS) is 1. The van der Waals surface area contributed by atoms with Crippen molar-refractivity contribution in [3.63, 3.8) is 0 Å². The number of rotatable bonds is 6. The summed E-state index contributed by atoms with van der Waals surface area (Å²) in [5.41, 5.74) is 1.10. The second kappa shape index (κ2) is 9.13. The molecule has 0 unspecified atom stereocenters. The summed E-state index contributed by atoms with van der Waals surface area (Å²) in [6.45, 7) is 1.31. The van der Waals surface area contributed by atoms with Gasteiger partial charge in [0, 0.05) is 15.4 Å². The van der Waals surface area contributed by atoms with Gasteiger partial charge in [0.15, 0.2) is 0 Å². The van der Waals surface area contributed by atoms with E-state index in [0.29, 0.717) is 27.7 Å². The van der Waals surface area contributed by atoms with Crippen LogP contribution in [0.25, 0.3) is 22.2 Å². The molecule has 3 N–H and O–H groups in total. The van der Waals surface area contributed by atoms with Crippen molar-refractivity contribution in [1.29, 1.82) is 0 Å². The first-order chi connectivity index (χ1) is 15.8. The third kappa shape index (κ3) is 4.37. The Balaban J connectivity index is 1.78. The van der Waals surface area contributed by atoms with Crippen LogP contribution in [0.15, 0.2) is 83.3 Å². The second-order valence-corrected chi connectivity index (χ2v) is 8.62. The van der Waals surface area contributed by atoms with Gasteiger partial charge in [-0.3, -0.25) is 4.79 Å². The first kappa shape index (κ1) is 22.6. The van der Waals surface area contributed by atoms with E-state index >= 15 is 0 Å². The molecule has 0 aliphatic heterocycles. The highest BCUT2D eigenvalue weighted by molar-refractivity contribution is 9.10. The maximum absolute atomic E-state index is 13.4. The normalized spacial score (nSPS) is 12.8. The molecule has 0 saturated carbocycles. The number of aliphatic hydroxyl groups is 1. The molecule has 166 valence electrons. The molecular weight excluding hydrogens is 484 g/mol. The highest BCUT2D eigenvalue weighted by atomic mass is 79.9. The summed E-state index contributed by atoms with van der Waals surface area (Å²) in [5, 5.41) is 23.8. The molecule has 0 radical (unpaired) electrons. The highest BCUT2D eigenvalue weighted by Gasteiger charge is 2.38. The van der Waals surface area contributed by atoms with E-state index in [4.69, 9.17) is 4.98 Å². The zero-order chi connectivity index (χ0) is 23.6. The average molecular weight is 505 g/mol. The number of carbonyl (C=O) groups excluding carboxylic acids is 1. The van der Waals surface area contributed by atoms with E-state index in [1.165, 1.54) is 12.1 Å². The largest absolute Gasteiger partial charge is 0.479 e.